The summed E-state index contributed by atoms with van der Waals surface area (Å²) in [4.78, 5) is 2.42. The summed E-state index contributed by atoms with van der Waals surface area (Å²) in [5.41, 5.74) is 0. The maximum absolute atomic E-state index is 6.15. The zero-order chi connectivity index (χ0) is 13.6. The van der Waals surface area contributed by atoms with Crippen LogP contribution >= 0.6 is 22.1 Å². The molecule has 100 valence electrons. The Balaban J connectivity index is 1.83. The van der Waals surface area contributed by atoms with Crippen LogP contribution < -0.4 is 4.18 Å². The highest BCUT2D eigenvalue weighted by Crippen LogP contribution is 2.35. The lowest BCUT2D eigenvalue weighted by molar-refractivity contribution is 0.641. The highest BCUT2D eigenvalue weighted by Gasteiger charge is 2.29. The number of hydrogen-bond donors (Lipinski definition) is 0. The highest BCUT2D eigenvalue weighted by molar-refractivity contribution is 8.72. The monoisotopic (exact) mass is 317 g/mol. The van der Waals surface area contributed by atoms with Gasteiger partial charge in [0.15, 0.2) is 10.8 Å². The summed E-state index contributed by atoms with van der Waals surface area (Å²) in [6.07, 6.45) is 0. The van der Waals surface area contributed by atoms with Crippen LogP contribution in [-0.2, 0) is 10.2 Å². The summed E-state index contributed by atoms with van der Waals surface area (Å²) in [6.45, 7) is 0. The third kappa shape index (κ3) is 3.60. The fraction of sp³-hybridized carbons (Fsp3) is 0. The van der Waals surface area contributed by atoms with Gasteiger partial charge in [-0.05, 0) is 35.7 Å². The van der Waals surface area contributed by atoms with E-state index in [1.54, 1.807) is 22.1 Å². The largest absolute Gasteiger partial charge is 0.311 e. The molecule has 20 heavy (non-hydrogen) atoms. The van der Waals surface area contributed by atoms with E-state index in [9.17, 15) is 0 Å². The molecule has 0 spiro atoms. The molecule has 0 amide bonds. The molecule has 0 aliphatic heterocycles. The van der Waals surface area contributed by atoms with Crippen LogP contribution in [0.15, 0.2) is 87.3 Å². The molecule has 0 aliphatic carbocycles. The molecule has 1 aromatic heterocycles. The van der Waals surface area contributed by atoms with Gasteiger partial charge in [0.05, 0.1) is 4.90 Å². The predicted octanol–water partition coefficient (Wildman–Crippen LogP) is 5.43. The minimum absolute atomic E-state index is 0.345. The molecular weight excluding hydrogens is 304 g/mol. The molecule has 3 rings (SSSR count). The smallest absolute Gasteiger partial charge is 0.265 e. The van der Waals surface area contributed by atoms with Crippen molar-refractivity contribution in [3.8, 4) is 5.75 Å². The Kier molecular flexibility index (Phi) is 4.69. The third-order valence-corrected chi connectivity index (χ3v) is 6.61. The minimum atomic E-state index is -0.345. The average Bonchev–Trinajstić information content (AvgIpc) is 3.02. The van der Waals surface area contributed by atoms with Crippen LogP contribution in [0, 0.1) is 0 Å². The predicted molar refractivity (Wildman–Crippen MR) is 89.3 cm³/mol. The molecule has 3 aromatic rings. The van der Waals surface area contributed by atoms with Crippen molar-refractivity contribution in [2.75, 3.05) is 0 Å². The zero-order valence-electron chi connectivity index (χ0n) is 10.6. The van der Waals surface area contributed by atoms with E-state index in [-0.39, 0.29) is 10.2 Å². The molecule has 2 aromatic carbocycles. The minimum Gasteiger partial charge on any atom is -0.265 e. The first-order valence-corrected chi connectivity index (χ1v) is 9.58. The second-order valence-corrected chi connectivity index (χ2v) is 7.92. The molecule has 0 bridgehead atoms. The Labute approximate surface area is 129 Å². The van der Waals surface area contributed by atoms with E-state index < -0.39 is 0 Å². The van der Waals surface area contributed by atoms with Crippen LogP contribution in [0.2, 0.25) is 0 Å². The average molecular weight is 317 g/mol. The first-order valence-electron chi connectivity index (χ1n) is 6.15. The number of benzene rings is 2. The second kappa shape index (κ2) is 6.88. The van der Waals surface area contributed by atoms with Crippen LogP contribution in [-0.4, -0.2) is 0 Å². The molecule has 0 saturated heterocycles. The van der Waals surface area contributed by atoms with E-state index in [4.69, 9.17) is 4.18 Å². The van der Waals surface area contributed by atoms with E-state index >= 15 is 0 Å². The topological polar surface area (TPSA) is 9.23 Å². The molecule has 1 heterocycles. The quantitative estimate of drug-likeness (QED) is 0.458. The SMILES string of the molecule is c1ccc(S[S+](Oc2ccsc2)c2ccccc2)cc1. The maximum Gasteiger partial charge on any atom is 0.311 e. The lowest BCUT2D eigenvalue weighted by atomic mass is 10.4. The lowest BCUT2D eigenvalue weighted by Crippen LogP contribution is -2.05. The maximum atomic E-state index is 6.15. The molecule has 0 fully saturated rings. The van der Waals surface area contributed by atoms with E-state index in [0.29, 0.717) is 0 Å². The Hall–Kier alpha value is -1.36. The number of hydrogen-bond acceptors (Lipinski definition) is 3. The van der Waals surface area contributed by atoms with Crippen molar-refractivity contribution in [2.45, 2.75) is 9.79 Å². The van der Waals surface area contributed by atoms with Crippen molar-refractivity contribution >= 4 is 32.3 Å². The van der Waals surface area contributed by atoms with E-state index in [2.05, 4.69) is 48.5 Å². The van der Waals surface area contributed by atoms with Crippen LogP contribution in [0.1, 0.15) is 0 Å². The van der Waals surface area contributed by atoms with Gasteiger partial charge in [-0.2, -0.15) is 0 Å². The third-order valence-electron chi connectivity index (χ3n) is 2.52. The summed E-state index contributed by atoms with van der Waals surface area (Å²) in [6, 6.07) is 22.8. The second-order valence-electron chi connectivity index (χ2n) is 3.99. The van der Waals surface area contributed by atoms with Crippen LogP contribution in [0.25, 0.3) is 0 Å². The summed E-state index contributed by atoms with van der Waals surface area (Å²) in [7, 11) is 1.41. The van der Waals surface area contributed by atoms with Gasteiger partial charge in [-0.25, -0.2) is 0 Å². The van der Waals surface area contributed by atoms with Gasteiger partial charge in [-0.1, -0.05) is 36.4 Å². The lowest BCUT2D eigenvalue weighted by Gasteiger charge is -2.04. The number of thiophene rings is 1. The molecule has 0 radical (unpaired) electrons. The van der Waals surface area contributed by atoms with Crippen LogP contribution in [0.3, 0.4) is 0 Å². The molecule has 0 N–H and O–H groups in total. The summed E-state index contributed by atoms with van der Waals surface area (Å²) in [5, 5.41) is 4.07. The van der Waals surface area contributed by atoms with Gasteiger partial charge < -0.3 is 0 Å². The fourth-order valence-corrected chi connectivity index (χ4v) is 5.35. The van der Waals surface area contributed by atoms with Gasteiger partial charge in [0, 0.05) is 5.38 Å². The first-order chi connectivity index (χ1) is 9.92. The Bertz CT molecular complexity index is 623. The van der Waals surface area contributed by atoms with Gasteiger partial charge in [-0.3, -0.25) is 4.18 Å². The summed E-state index contributed by atoms with van der Waals surface area (Å²) < 4.78 is 6.15. The van der Waals surface area contributed by atoms with Crippen LogP contribution in [0.4, 0.5) is 0 Å². The summed E-state index contributed by atoms with van der Waals surface area (Å²) >= 11 is 1.65. The van der Waals surface area contributed by atoms with Gasteiger partial charge in [0.2, 0.25) is 10.6 Å². The van der Waals surface area contributed by atoms with Crippen molar-refractivity contribution in [3.05, 3.63) is 77.5 Å². The molecule has 1 atom stereocenters. The Morgan fingerprint density at radius 1 is 0.850 bits per heavy atom. The van der Waals surface area contributed by atoms with Crippen molar-refractivity contribution in [1.29, 1.82) is 0 Å². The van der Waals surface area contributed by atoms with Gasteiger partial charge in [-0.15, -0.1) is 11.3 Å². The van der Waals surface area contributed by atoms with Gasteiger partial charge >= 0.3 is 10.2 Å². The van der Waals surface area contributed by atoms with E-state index in [0.717, 1.165) is 5.75 Å². The normalized spacial score (nSPS) is 12.0. The first kappa shape index (κ1) is 13.6. The standard InChI is InChI=1S/C16H13OS3/c1-3-7-15(8-4-1)19-20(16-9-5-2-6-10-16)17-14-11-12-18-13-14/h1-13H/q+1. The number of rotatable bonds is 5. The fourth-order valence-electron chi connectivity index (χ4n) is 1.60. The molecular formula is C16H13OS3+. The summed E-state index contributed by atoms with van der Waals surface area (Å²) in [5.74, 6) is 0.936. The van der Waals surface area contributed by atoms with E-state index in [1.165, 1.54) is 9.79 Å². The van der Waals surface area contributed by atoms with Crippen molar-refractivity contribution in [2.24, 2.45) is 0 Å². The van der Waals surface area contributed by atoms with Gasteiger partial charge in [0.1, 0.15) is 0 Å². The zero-order valence-corrected chi connectivity index (χ0v) is 13.1. The van der Waals surface area contributed by atoms with Crippen molar-refractivity contribution in [1.82, 2.24) is 0 Å². The van der Waals surface area contributed by atoms with Crippen LogP contribution in [0.5, 0.6) is 5.75 Å². The highest BCUT2D eigenvalue weighted by atomic mass is 33.1. The molecule has 4 heteroatoms. The molecule has 1 unspecified atom stereocenters. The van der Waals surface area contributed by atoms with Crippen molar-refractivity contribution in [3.63, 3.8) is 0 Å². The Morgan fingerprint density at radius 2 is 1.55 bits per heavy atom. The molecule has 1 nitrogen and oxygen atoms in total. The van der Waals surface area contributed by atoms with Crippen molar-refractivity contribution < 1.29 is 4.18 Å². The molecule has 0 aliphatic rings. The van der Waals surface area contributed by atoms with E-state index in [1.807, 2.05) is 29.0 Å². The van der Waals surface area contributed by atoms with Gasteiger partial charge in [0.25, 0.3) is 0 Å². The molecule has 0 saturated carbocycles. The Morgan fingerprint density at radius 3 is 2.20 bits per heavy atom.